The van der Waals surface area contributed by atoms with Crippen molar-refractivity contribution < 1.29 is 9.59 Å². The number of benzene rings is 2. The lowest BCUT2D eigenvalue weighted by Gasteiger charge is -2.15. The molecule has 0 N–H and O–H groups in total. The molecule has 0 radical (unpaired) electrons. The van der Waals surface area contributed by atoms with Crippen molar-refractivity contribution in [2.75, 3.05) is 0 Å². The average Bonchev–Trinajstić information content (AvgIpc) is 2.62. The van der Waals surface area contributed by atoms with E-state index in [-0.39, 0.29) is 11.6 Å². The zero-order valence-electron chi connectivity index (χ0n) is 14.1. The van der Waals surface area contributed by atoms with Crippen molar-refractivity contribution in [3.63, 3.8) is 0 Å². The molecule has 1 aliphatic rings. The highest BCUT2D eigenvalue weighted by Gasteiger charge is 2.21. The van der Waals surface area contributed by atoms with Crippen molar-refractivity contribution in [3.8, 4) is 11.1 Å². The largest absolute Gasteiger partial charge is 0.294 e. The lowest BCUT2D eigenvalue weighted by atomic mass is 9.87. The van der Waals surface area contributed by atoms with Gasteiger partial charge in [0, 0.05) is 24.0 Å². The minimum atomic E-state index is 0.108. The second-order valence-electron chi connectivity index (χ2n) is 6.56. The first kappa shape index (κ1) is 16.6. The quantitative estimate of drug-likeness (QED) is 0.660. The summed E-state index contributed by atoms with van der Waals surface area (Å²) in [6.45, 7) is 0. The SMILES string of the molecule is O=C1CCCCCCCCC(=O)c2c1cccc2-c1ccccc1. The third-order valence-electron chi connectivity index (χ3n) is 4.79. The van der Waals surface area contributed by atoms with Crippen molar-refractivity contribution in [1.82, 2.24) is 0 Å². The van der Waals surface area contributed by atoms with E-state index in [0.717, 1.165) is 43.2 Å². The van der Waals surface area contributed by atoms with Gasteiger partial charge in [0.2, 0.25) is 0 Å². The number of rotatable bonds is 1. The van der Waals surface area contributed by atoms with E-state index < -0.39 is 0 Å². The molecular weight excluding hydrogens is 296 g/mol. The molecule has 0 aliphatic heterocycles. The van der Waals surface area contributed by atoms with Crippen molar-refractivity contribution in [2.45, 2.75) is 51.4 Å². The fraction of sp³-hybridized carbons (Fsp3) is 0.364. The highest BCUT2D eigenvalue weighted by Crippen LogP contribution is 2.29. The minimum absolute atomic E-state index is 0.108. The summed E-state index contributed by atoms with van der Waals surface area (Å²) in [6.07, 6.45) is 7.43. The van der Waals surface area contributed by atoms with Crippen LogP contribution in [-0.2, 0) is 0 Å². The van der Waals surface area contributed by atoms with Crippen LogP contribution in [0, 0.1) is 0 Å². The molecule has 1 aliphatic carbocycles. The van der Waals surface area contributed by atoms with Gasteiger partial charge in [0.05, 0.1) is 0 Å². The maximum absolute atomic E-state index is 12.9. The van der Waals surface area contributed by atoms with Gasteiger partial charge >= 0.3 is 0 Å². The molecule has 0 amide bonds. The van der Waals surface area contributed by atoms with E-state index in [0.29, 0.717) is 24.0 Å². The fourth-order valence-electron chi connectivity index (χ4n) is 3.48. The van der Waals surface area contributed by atoms with Crippen LogP contribution in [0.2, 0.25) is 0 Å². The summed E-state index contributed by atoms with van der Waals surface area (Å²) in [5, 5.41) is 0. The van der Waals surface area contributed by atoms with Gasteiger partial charge in [-0.05, 0) is 24.0 Å². The normalized spacial score (nSPS) is 16.8. The van der Waals surface area contributed by atoms with Gasteiger partial charge in [-0.2, -0.15) is 0 Å². The van der Waals surface area contributed by atoms with Crippen LogP contribution >= 0.6 is 0 Å². The molecule has 3 rings (SSSR count). The molecule has 0 unspecified atom stereocenters. The first-order valence-electron chi connectivity index (χ1n) is 9.02. The van der Waals surface area contributed by atoms with Crippen molar-refractivity contribution in [1.29, 1.82) is 0 Å². The van der Waals surface area contributed by atoms with Crippen LogP contribution in [0.4, 0.5) is 0 Å². The maximum atomic E-state index is 12.9. The van der Waals surface area contributed by atoms with Gasteiger partial charge in [-0.1, -0.05) is 74.2 Å². The second-order valence-corrected chi connectivity index (χ2v) is 6.56. The summed E-state index contributed by atoms with van der Waals surface area (Å²) in [5.74, 6) is 0.218. The number of ketones is 2. The molecule has 0 aromatic heterocycles. The Morgan fingerprint density at radius 1 is 0.542 bits per heavy atom. The number of Topliss-reactive ketones (excluding diaryl/α,β-unsaturated/α-hetero) is 2. The second kappa shape index (κ2) is 8.05. The van der Waals surface area contributed by atoms with Gasteiger partial charge in [0.25, 0.3) is 0 Å². The van der Waals surface area contributed by atoms with Crippen molar-refractivity contribution >= 4 is 11.6 Å². The van der Waals surface area contributed by atoms with E-state index in [4.69, 9.17) is 0 Å². The standard InChI is InChI=1S/C22H24O2/c23-20-15-8-3-1-2-4-9-16-21(24)22-18(13-10-14-19(20)22)17-11-6-5-7-12-17/h5-7,10-14H,1-4,8-9,15-16H2. The Labute approximate surface area is 143 Å². The molecule has 0 heterocycles. The van der Waals surface area contributed by atoms with Gasteiger partial charge in [0.1, 0.15) is 0 Å². The molecular formula is C22H24O2. The van der Waals surface area contributed by atoms with Gasteiger partial charge in [-0.15, -0.1) is 0 Å². The van der Waals surface area contributed by atoms with Crippen LogP contribution in [-0.4, -0.2) is 11.6 Å². The minimum Gasteiger partial charge on any atom is -0.294 e. The van der Waals surface area contributed by atoms with Gasteiger partial charge in [0.15, 0.2) is 11.6 Å². The maximum Gasteiger partial charge on any atom is 0.164 e. The Balaban J connectivity index is 2.07. The number of hydrogen-bond donors (Lipinski definition) is 0. The molecule has 2 aromatic carbocycles. The van der Waals surface area contributed by atoms with E-state index >= 15 is 0 Å². The Kier molecular flexibility index (Phi) is 5.58. The molecule has 0 fully saturated rings. The fourth-order valence-corrected chi connectivity index (χ4v) is 3.48. The van der Waals surface area contributed by atoms with E-state index in [1.807, 2.05) is 48.5 Å². The smallest absolute Gasteiger partial charge is 0.164 e. The van der Waals surface area contributed by atoms with Crippen molar-refractivity contribution in [3.05, 3.63) is 59.7 Å². The Morgan fingerprint density at radius 3 is 1.83 bits per heavy atom. The lowest BCUT2D eigenvalue weighted by Crippen LogP contribution is -2.11. The van der Waals surface area contributed by atoms with Crippen LogP contribution in [0.15, 0.2) is 48.5 Å². The molecule has 0 bridgehead atoms. The average molecular weight is 320 g/mol. The van der Waals surface area contributed by atoms with Crippen molar-refractivity contribution in [2.24, 2.45) is 0 Å². The Bertz CT molecular complexity index is 716. The number of hydrogen-bond acceptors (Lipinski definition) is 2. The van der Waals surface area contributed by atoms with Crippen LogP contribution in [0.25, 0.3) is 11.1 Å². The molecule has 2 nitrogen and oxygen atoms in total. The lowest BCUT2D eigenvalue weighted by molar-refractivity contribution is 0.0945. The van der Waals surface area contributed by atoms with Gasteiger partial charge < -0.3 is 0 Å². The Hall–Kier alpha value is -2.22. The zero-order chi connectivity index (χ0) is 16.8. The summed E-state index contributed by atoms with van der Waals surface area (Å²) in [5.41, 5.74) is 3.14. The summed E-state index contributed by atoms with van der Waals surface area (Å²) < 4.78 is 0. The van der Waals surface area contributed by atoms with Crippen LogP contribution in [0.1, 0.15) is 72.1 Å². The first-order chi connectivity index (χ1) is 11.8. The summed E-state index contributed by atoms with van der Waals surface area (Å²) in [4.78, 5) is 25.6. The molecule has 24 heavy (non-hydrogen) atoms. The highest BCUT2D eigenvalue weighted by molar-refractivity contribution is 6.12. The van der Waals surface area contributed by atoms with Crippen LogP contribution in [0.5, 0.6) is 0 Å². The highest BCUT2D eigenvalue weighted by atomic mass is 16.1. The molecule has 2 heteroatoms. The molecule has 124 valence electrons. The third kappa shape index (κ3) is 3.81. The summed E-state index contributed by atoms with van der Waals surface area (Å²) in [7, 11) is 0. The van der Waals surface area contributed by atoms with E-state index in [1.54, 1.807) is 0 Å². The van der Waals surface area contributed by atoms with Crippen LogP contribution < -0.4 is 0 Å². The summed E-state index contributed by atoms with van der Waals surface area (Å²) >= 11 is 0. The number of fused-ring (bicyclic) bond motifs is 1. The molecule has 0 saturated carbocycles. The monoisotopic (exact) mass is 320 g/mol. The summed E-state index contributed by atoms with van der Waals surface area (Å²) in [6, 6.07) is 15.6. The van der Waals surface area contributed by atoms with Crippen LogP contribution in [0.3, 0.4) is 0 Å². The Morgan fingerprint density at radius 2 is 1.12 bits per heavy atom. The zero-order valence-corrected chi connectivity index (χ0v) is 14.1. The third-order valence-corrected chi connectivity index (χ3v) is 4.79. The van der Waals surface area contributed by atoms with Gasteiger partial charge in [-0.3, -0.25) is 9.59 Å². The molecule has 0 spiro atoms. The van der Waals surface area contributed by atoms with E-state index in [1.165, 1.54) is 6.42 Å². The topological polar surface area (TPSA) is 34.1 Å². The van der Waals surface area contributed by atoms with E-state index in [2.05, 4.69) is 0 Å². The number of carbonyl (C=O) groups excluding carboxylic acids is 2. The van der Waals surface area contributed by atoms with E-state index in [9.17, 15) is 9.59 Å². The predicted molar refractivity (Wildman–Crippen MR) is 97.5 cm³/mol. The first-order valence-corrected chi connectivity index (χ1v) is 9.02. The predicted octanol–water partition coefficient (Wildman–Crippen LogP) is 5.85. The molecule has 2 aromatic rings. The molecule has 0 atom stereocenters. The molecule has 0 saturated heterocycles. The van der Waals surface area contributed by atoms with Gasteiger partial charge in [-0.25, -0.2) is 0 Å². The number of carbonyl (C=O) groups is 2.